The van der Waals surface area contributed by atoms with Gasteiger partial charge in [0.25, 0.3) is 0 Å². The van der Waals surface area contributed by atoms with Crippen molar-refractivity contribution >= 4 is 11.3 Å². The zero-order valence-electron chi connectivity index (χ0n) is 11.0. The molecular weight excluding hydrogens is 301 g/mol. The van der Waals surface area contributed by atoms with Crippen LogP contribution in [0.4, 0.5) is 13.2 Å². The molecule has 1 aliphatic rings. The lowest BCUT2D eigenvalue weighted by Gasteiger charge is -2.15. The van der Waals surface area contributed by atoms with Crippen molar-refractivity contribution in [2.75, 3.05) is 0 Å². The van der Waals surface area contributed by atoms with Crippen molar-refractivity contribution in [1.29, 1.82) is 0 Å². The number of benzene rings is 1. The molecule has 21 heavy (non-hydrogen) atoms. The van der Waals surface area contributed by atoms with E-state index in [-0.39, 0.29) is 11.8 Å². The first-order valence-electron chi connectivity index (χ1n) is 6.54. The number of halogens is 3. The largest absolute Gasteiger partial charge is 0.573 e. The van der Waals surface area contributed by atoms with Gasteiger partial charge in [-0.2, -0.15) is 0 Å². The maximum atomic E-state index is 12.1. The molecule has 1 aromatic heterocycles. The third kappa shape index (κ3) is 3.19. The average molecular weight is 314 g/mol. The average Bonchev–Trinajstić information content (AvgIpc) is 2.83. The van der Waals surface area contributed by atoms with E-state index in [0.29, 0.717) is 0 Å². The van der Waals surface area contributed by atoms with Gasteiger partial charge in [-0.1, -0.05) is 0 Å². The predicted octanol–water partition coefficient (Wildman–Crippen LogP) is 4.04. The lowest BCUT2D eigenvalue weighted by atomic mass is 9.99. The van der Waals surface area contributed by atoms with Crippen LogP contribution in [0.2, 0.25) is 0 Å². The van der Waals surface area contributed by atoms with E-state index in [2.05, 4.69) is 9.72 Å². The first-order chi connectivity index (χ1) is 9.92. The Balaban J connectivity index is 1.84. The van der Waals surface area contributed by atoms with Crippen molar-refractivity contribution in [1.82, 2.24) is 4.98 Å². The molecule has 2 aromatic rings. The lowest BCUT2D eigenvalue weighted by Crippen LogP contribution is -2.16. The summed E-state index contributed by atoms with van der Waals surface area (Å²) in [4.78, 5) is 5.64. The lowest BCUT2D eigenvalue weighted by molar-refractivity contribution is -0.274. The van der Waals surface area contributed by atoms with Crippen molar-refractivity contribution in [3.05, 3.63) is 34.8 Å². The van der Waals surface area contributed by atoms with E-state index in [1.807, 2.05) is 0 Å². The molecule has 0 spiro atoms. The summed E-state index contributed by atoms with van der Waals surface area (Å²) >= 11 is 1.52. The number of alkyl halides is 3. The molecule has 1 atom stereocenters. The standard InChI is InChI=1S/C14H13F3N2OS/c15-14(16,17)20-9-6-4-8(5-7-9)13-19-11-3-1-2-10(18)12(11)21-13/h4-7,10H,1-3,18H2. The number of fused-ring (bicyclic) bond motifs is 1. The summed E-state index contributed by atoms with van der Waals surface area (Å²) in [5, 5.41) is 0.788. The minimum atomic E-state index is -4.67. The minimum absolute atomic E-state index is 0.0211. The summed E-state index contributed by atoms with van der Waals surface area (Å²) in [5.74, 6) is -0.232. The van der Waals surface area contributed by atoms with Gasteiger partial charge < -0.3 is 10.5 Å². The second-order valence-corrected chi connectivity index (χ2v) is 5.93. The highest BCUT2D eigenvalue weighted by molar-refractivity contribution is 7.15. The molecule has 0 bridgehead atoms. The van der Waals surface area contributed by atoms with Gasteiger partial charge in [-0.05, 0) is 43.5 Å². The van der Waals surface area contributed by atoms with Crippen molar-refractivity contribution < 1.29 is 17.9 Å². The summed E-state index contributed by atoms with van der Waals surface area (Å²) < 4.78 is 40.2. The number of nitrogens with two attached hydrogens (primary N) is 1. The zero-order valence-corrected chi connectivity index (χ0v) is 11.8. The topological polar surface area (TPSA) is 48.1 Å². The second kappa shape index (κ2) is 5.31. The molecule has 0 amide bonds. The molecule has 3 rings (SSSR count). The van der Waals surface area contributed by atoms with Gasteiger partial charge in [-0.25, -0.2) is 4.98 Å². The Hall–Kier alpha value is -1.60. The van der Waals surface area contributed by atoms with Crippen LogP contribution in [0.3, 0.4) is 0 Å². The molecule has 1 heterocycles. The smallest absolute Gasteiger partial charge is 0.406 e. The number of hydrogen-bond donors (Lipinski definition) is 1. The summed E-state index contributed by atoms with van der Waals surface area (Å²) in [6, 6.07) is 5.77. The zero-order chi connectivity index (χ0) is 15.0. The number of rotatable bonds is 2. The van der Waals surface area contributed by atoms with Crippen LogP contribution in [0.15, 0.2) is 24.3 Å². The van der Waals surface area contributed by atoms with Crippen LogP contribution in [-0.2, 0) is 6.42 Å². The van der Waals surface area contributed by atoms with Gasteiger partial charge in [0, 0.05) is 16.5 Å². The van der Waals surface area contributed by atoms with E-state index in [9.17, 15) is 13.2 Å². The number of aromatic nitrogens is 1. The first-order valence-corrected chi connectivity index (χ1v) is 7.35. The fourth-order valence-electron chi connectivity index (χ4n) is 2.38. The van der Waals surface area contributed by atoms with E-state index in [1.54, 1.807) is 12.1 Å². The maximum Gasteiger partial charge on any atom is 0.573 e. The van der Waals surface area contributed by atoms with Crippen LogP contribution < -0.4 is 10.5 Å². The fourth-order valence-corrected chi connectivity index (χ4v) is 3.53. The molecule has 2 N–H and O–H groups in total. The van der Waals surface area contributed by atoms with Crippen LogP contribution in [0.5, 0.6) is 5.75 Å². The normalized spacial score (nSPS) is 18.4. The molecule has 0 fully saturated rings. The Morgan fingerprint density at radius 2 is 1.95 bits per heavy atom. The highest BCUT2D eigenvalue weighted by atomic mass is 32.1. The van der Waals surface area contributed by atoms with E-state index < -0.39 is 6.36 Å². The number of ether oxygens (including phenoxy) is 1. The van der Waals surface area contributed by atoms with Crippen LogP contribution in [0.25, 0.3) is 10.6 Å². The van der Waals surface area contributed by atoms with Gasteiger partial charge in [-0.15, -0.1) is 24.5 Å². The number of hydrogen-bond acceptors (Lipinski definition) is 4. The Labute approximate surface area is 123 Å². The minimum Gasteiger partial charge on any atom is -0.406 e. The van der Waals surface area contributed by atoms with Gasteiger partial charge in [0.05, 0.1) is 5.69 Å². The summed E-state index contributed by atoms with van der Waals surface area (Å²) in [5.41, 5.74) is 7.85. The Morgan fingerprint density at radius 3 is 2.57 bits per heavy atom. The third-order valence-corrected chi connectivity index (χ3v) is 4.61. The molecule has 0 aliphatic heterocycles. The van der Waals surface area contributed by atoms with Crippen LogP contribution >= 0.6 is 11.3 Å². The molecule has 7 heteroatoms. The molecule has 112 valence electrons. The Bertz CT molecular complexity index is 637. The van der Waals surface area contributed by atoms with Crippen molar-refractivity contribution in [2.45, 2.75) is 31.7 Å². The third-order valence-electron chi connectivity index (χ3n) is 3.33. The fraction of sp³-hybridized carbons (Fsp3) is 0.357. The first kappa shape index (κ1) is 14.3. The Kier molecular flexibility index (Phi) is 3.62. The molecule has 1 aliphatic carbocycles. The molecule has 0 saturated heterocycles. The van der Waals surface area contributed by atoms with Crippen LogP contribution in [0.1, 0.15) is 29.5 Å². The van der Waals surface area contributed by atoms with Crippen LogP contribution in [-0.4, -0.2) is 11.3 Å². The van der Waals surface area contributed by atoms with Gasteiger partial charge in [0.15, 0.2) is 0 Å². The highest BCUT2D eigenvalue weighted by Gasteiger charge is 2.31. The molecule has 0 radical (unpaired) electrons. The number of thiazole rings is 1. The van der Waals surface area contributed by atoms with Crippen molar-refractivity contribution in [3.8, 4) is 16.3 Å². The van der Waals surface area contributed by atoms with E-state index in [4.69, 9.17) is 5.73 Å². The predicted molar refractivity (Wildman–Crippen MR) is 74.1 cm³/mol. The SMILES string of the molecule is NC1CCCc2nc(-c3ccc(OC(F)(F)F)cc3)sc21. The highest BCUT2D eigenvalue weighted by Crippen LogP contribution is 2.37. The second-order valence-electron chi connectivity index (χ2n) is 4.90. The van der Waals surface area contributed by atoms with Crippen LogP contribution in [0, 0.1) is 0 Å². The van der Waals surface area contributed by atoms with E-state index in [0.717, 1.165) is 40.4 Å². The van der Waals surface area contributed by atoms with Gasteiger partial charge in [0.1, 0.15) is 10.8 Å². The maximum absolute atomic E-state index is 12.1. The quantitative estimate of drug-likeness (QED) is 0.910. The van der Waals surface area contributed by atoms with E-state index in [1.165, 1.54) is 23.5 Å². The van der Waals surface area contributed by atoms with Crippen molar-refractivity contribution in [3.63, 3.8) is 0 Å². The Morgan fingerprint density at radius 1 is 1.24 bits per heavy atom. The number of aryl methyl sites for hydroxylation is 1. The monoisotopic (exact) mass is 314 g/mol. The van der Waals surface area contributed by atoms with E-state index >= 15 is 0 Å². The number of nitrogens with zero attached hydrogens (tertiary/aromatic N) is 1. The summed E-state index contributed by atoms with van der Waals surface area (Å²) in [6.45, 7) is 0. The molecule has 3 nitrogen and oxygen atoms in total. The summed E-state index contributed by atoms with van der Waals surface area (Å²) in [7, 11) is 0. The van der Waals surface area contributed by atoms with Gasteiger partial charge >= 0.3 is 6.36 Å². The van der Waals surface area contributed by atoms with Gasteiger partial charge in [-0.3, -0.25) is 0 Å². The summed E-state index contributed by atoms with van der Waals surface area (Å²) in [6.07, 6.45) is -1.79. The molecule has 1 unspecified atom stereocenters. The molecular formula is C14H13F3N2OS. The molecule has 0 saturated carbocycles. The van der Waals surface area contributed by atoms with Crippen molar-refractivity contribution in [2.24, 2.45) is 5.73 Å². The molecule has 1 aromatic carbocycles. The van der Waals surface area contributed by atoms with Gasteiger partial charge in [0.2, 0.25) is 0 Å².